The summed E-state index contributed by atoms with van der Waals surface area (Å²) >= 11 is 1.62. The molecule has 0 spiro atoms. The second-order valence-electron chi connectivity index (χ2n) is 4.23. The number of carboxylic acids is 1. The van der Waals surface area contributed by atoms with Crippen molar-refractivity contribution in [1.82, 2.24) is 5.32 Å². The molecule has 0 radical (unpaired) electrons. The number of carbonyl (C=O) groups is 1. The SMILES string of the molecule is CCCC(CC)NC(CC(=O)O)c1cccs1. The maximum atomic E-state index is 10.9. The van der Waals surface area contributed by atoms with E-state index in [1.165, 1.54) is 0 Å². The lowest BCUT2D eigenvalue weighted by Gasteiger charge is -2.23. The average molecular weight is 255 g/mol. The zero-order chi connectivity index (χ0) is 12.7. The van der Waals surface area contributed by atoms with Crippen LogP contribution in [0.5, 0.6) is 0 Å². The Labute approximate surface area is 107 Å². The Balaban J connectivity index is 2.66. The van der Waals surface area contributed by atoms with Crippen LogP contribution in [0.4, 0.5) is 0 Å². The van der Waals surface area contributed by atoms with Gasteiger partial charge in [0, 0.05) is 10.9 Å². The molecule has 0 fully saturated rings. The molecule has 0 saturated heterocycles. The lowest BCUT2D eigenvalue weighted by molar-refractivity contribution is -0.137. The van der Waals surface area contributed by atoms with Crippen LogP contribution >= 0.6 is 11.3 Å². The van der Waals surface area contributed by atoms with Gasteiger partial charge in [0.2, 0.25) is 0 Å². The molecule has 1 rings (SSSR count). The van der Waals surface area contributed by atoms with E-state index in [4.69, 9.17) is 5.11 Å². The van der Waals surface area contributed by atoms with E-state index in [2.05, 4.69) is 19.2 Å². The molecule has 1 aromatic rings. The molecular weight excluding hydrogens is 234 g/mol. The molecule has 0 aliphatic rings. The molecule has 17 heavy (non-hydrogen) atoms. The van der Waals surface area contributed by atoms with Gasteiger partial charge >= 0.3 is 5.97 Å². The van der Waals surface area contributed by atoms with Gasteiger partial charge in [-0.25, -0.2) is 0 Å². The fraction of sp³-hybridized carbons (Fsp3) is 0.615. The molecule has 0 amide bonds. The Kier molecular flexibility index (Phi) is 6.22. The molecule has 4 heteroatoms. The third-order valence-electron chi connectivity index (χ3n) is 2.83. The van der Waals surface area contributed by atoms with Crippen LogP contribution in [0.1, 0.15) is 50.4 Å². The van der Waals surface area contributed by atoms with E-state index >= 15 is 0 Å². The molecule has 3 nitrogen and oxygen atoms in total. The van der Waals surface area contributed by atoms with E-state index < -0.39 is 5.97 Å². The van der Waals surface area contributed by atoms with Crippen LogP contribution in [0.15, 0.2) is 17.5 Å². The molecule has 0 bridgehead atoms. The zero-order valence-electron chi connectivity index (χ0n) is 10.5. The minimum atomic E-state index is -0.748. The third-order valence-corrected chi connectivity index (χ3v) is 3.82. The van der Waals surface area contributed by atoms with Crippen molar-refractivity contribution in [3.63, 3.8) is 0 Å². The Bertz CT molecular complexity index is 324. The molecule has 0 saturated carbocycles. The predicted octanol–water partition coefficient (Wildman–Crippen LogP) is 3.43. The first-order valence-electron chi connectivity index (χ1n) is 6.18. The van der Waals surface area contributed by atoms with Gasteiger partial charge in [-0.1, -0.05) is 26.3 Å². The highest BCUT2D eigenvalue weighted by Crippen LogP contribution is 2.23. The van der Waals surface area contributed by atoms with Crippen LogP contribution in [0.2, 0.25) is 0 Å². The first-order chi connectivity index (χ1) is 8.17. The number of rotatable bonds is 8. The van der Waals surface area contributed by atoms with Gasteiger partial charge in [-0.05, 0) is 24.3 Å². The minimum Gasteiger partial charge on any atom is -0.481 e. The van der Waals surface area contributed by atoms with Crippen molar-refractivity contribution in [1.29, 1.82) is 0 Å². The van der Waals surface area contributed by atoms with E-state index in [-0.39, 0.29) is 12.5 Å². The van der Waals surface area contributed by atoms with E-state index in [1.54, 1.807) is 11.3 Å². The third kappa shape index (κ3) is 4.88. The van der Waals surface area contributed by atoms with Crippen LogP contribution in [0.25, 0.3) is 0 Å². The highest BCUT2D eigenvalue weighted by Gasteiger charge is 2.19. The van der Waals surface area contributed by atoms with Gasteiger partial charge in [0.15, 0.2) is 0 Å². The molecule has 1 aromatic heterocycles. The quantitative estimate of drug-likeness (QED) is 0.748. The van der Waals surface area contributed by atoms with Crippen LogP contribution in [0, 0.1) is 0 Å². The number of hydrogen-bond acceptors (Lipinski definition) is 3. The Morgan fingerprint density at radius 3 is 2.76 bits per heavy atom. The lowest BCUT2D eigenvalue weighted by Crippen LogP contribution is -2.33. The Morgan fingerprint density at radius 2 is 2.29 bits per heavy atom. The van der Waals surface area contributed by atoms with Gasteiger partial charge in [-0.2, -0.15) is 0 Å². The molecule has 0 aliphatic heterocycles. The van der Waals surface area contributed by atoms with Gasteiger partial charge in [0.1, 0.15) is 0 Å². The highest BCUT2D eigenvalue weighted by molar-refractivity contribution is 7.10. The van der Waals surface area contributed by atoms with Gasteiger partial charge in [-0.15, -0.1) is 11.3 Å². The van der Waals surface area contributed by atoms with E-state index in [1.807, 2.05) is 17.5 Å². The summed E-state index contributed by atoms with van der Waals surface area (Å²) < 4.78 is 0. The topological polar surface area (TPSA) is 49.3 Å². The van der Waals surface area contributed by atoms with Gasteiger partial charge < -0.3 is 10.4 Å². The molecule has 2 unspecified atom stereocenters. The summed E-state index contributed by atoms with van der Waals surface area (Å²) in [5.74, 6) is -0.748. The zero-order valence-corrected chi connectivity index (χ0v) is 11.3. The van der Waals surface area contributed by atoms with Crippen LogP contribution in [-0.2, 0) is 4.79 Å². The van der Waals surface area contributed by atoms with Crippen molar-refractivity contribution >= 4 is 17.3 Å². The van der Waals surface area contributed by atoms with Gasteiger partial charge in [-0.3, -0.25) is 4.79 Å². The van der Waals surface area contributed by atoms with Crippen molar-refractivity contribution in [2.24, 2.45) is 0 Å². The lowest BCUT2D eigenvalue weighted by atomic mass is 10.1. The number of aliphatic carboxylic acids is 1. The summed E-state index contributed by atoms with van der Waals surface area (Å²) in [4.78, 5) is 12.0. The second-order valence-corrected chi connectivity index (χ2v) is 5.21. The summed E-state index contributed by atoms with van der Waals surface area (Å²) in [7, 11) is 0. The molecule has 0 aliphatic carbocycles. The fourth-order valence-corrected chi connectivity index (χ4v) is 2.73. The Hall–Kier alpha value is -0.870. The second kappa shape index (κ2) is 7.45. The van der Waals surface area contributed by atoms with Crippen molar-refractivity contribution in [3.8, 4) is 0 Å². The standard InChI is InChI=1S/C13H21NO2S/c1-3-6-10(4-2)14-11(9-13(15)16)12-7-5-8-17-12/h5,7-8,10-11,14H,3-4,6,9H2,1-2H3,(H,15,16). The number of thiophene rings is 1. The van der Waals surface area contributed by atoms with Crippen LogP contribution in [0.3, 0.4) is 0 Å². The molecular formula is C13H21NO2S. The number of nitrogens with one attached hydrogen (secondary N) is 1. The first-order valence-corrected chi connectivity index (χ1v) is 7.06. The molecule has 2 atom stereocenters. The van der Waals surface area contributed by atoms with Crippen LogP contribution < -0.4 is 5.32 Å². The molecule has 96 valence electrons. The maximum absolute atomic E-state index is 10.9. The normalized spacial score (nSPS) is 14.5. The summed E-state index contributed by atoms with van der Waals surface area (Å²) in [6.45, 7) is 4.29. The van der Waals surface area contributed by atoms with Crippen molar-refractivity contribution < 1.29 is 9.90 Å². The largest absolute Gasteiger partial charge is 0.481 e. The molecule has 1 heterocycles. The smallest absolute Gasteiger partial charge is 0.305 e. The summed E-state index contributed by atoms with van der Waals surface area (Å²) in [6.07, 6.45) is 3.41. The average Bonchev–Trinajstić information content (AvgIpc) is 2.80. The minimum absolute atomic E-state index is 0.0519. The molecule has 0 aromatic carbocycles. The van der Waals surface area contributed by atoms with E-state index in [9.17, 15) is 4.79 Å². The monoisotopic (exact) mass is 255 g/mol. The summed E-state index contributed by atoms with van der Waals surface area (Å²) in [5.41, 5.74) is 0. The van der Waals surface area contributed by atoms with Crippen molar-refractivity contribution in [2.75, 3.05) is 0 Å². The fourth-order valence-electron chi connectivity index (χ4n) is 1.94. The van der Waals surface area contributed by atoms with E-state index in [0.29, 0.717) is 6.04 Å². The summed E-state index contributed by atoms with van der Waals surface area (Å²) in [5, 5.41) is 14.4. The van der Waals surface area contributed by atoms with E-state index in [0.717, 1.165) is 24.1 Å². The molecule has 2 N–H and O–H groups in total. The first kappa shape index (κ1) is 14.2. The van der Waals surface area contributed by atoms with Gasteiger partial charge in [0.05, 0.1) is 12.5 Å². The number of hydrogen-bond donors (Lipinski definition) is 2. The highest BCUT2D eigenvalue weighted by atomic mass is 32.1. The van der Waals surface area contributed by atoms with Crippen LogP contribution in [-0.4, -0.2) is 17.1 Å². The van der Waals surface area contributed by atoms with Crippen molar-refractivity contribution in [3.05, 3.63) is 22.4 Å². The maximum Gasteiger partial charge on any atom is 0.305 e. The number of carboxylic acid groups (broad SMARTS) is 1. The van der Waals surface area contributed by atoms with Gasteiger partial charge in [0.25, 0.3) is 0 Å². The Morgan fingerprint density at radius 1 is 1.53 bits per heavy atom. The summed E-state index contributed by atoms with van der Waals surface area (Å²) in [6, 6.07) is 4.33. The van der Waals surface area contributed by atoms with Crippen molar-refractivity contribution in [2.45, 2.75) is 51.6 Å². The predicted molar refractivity (Wildman–Crippen MR) is 71.4 cm³/mol.